The van der Waals surface area contributed by atoms with Gasteiger partial charge < -0.3 is 9.47 Å². The van der Waals surface area contributed by atoms with E-state index in [4.69, 9.17) is 14.4 Å². The van der Waals surface area contributed by atoms with Crippen molar-refractivity contribution >= 4 is 25.9 Å². The second-order valence-corrected chi connectivity index (χ2v) is 7.94. The highest BCUT2D eigenvalue weighted by molar-refractivity contribution is 7.32. The van der Waals surface area contributed by atoms with E-state index in [-0.39, 0.29) is 51.8 Å². The van der Waals surface area contributed by atoms with Crippen molar-refractivity contribution in [3.8, 4) is 11.5 Å². The molecule has 156 valence electrons. The van der Waals surface area contributed by atoms with Gasteiger partial charge in [-0.3, -0.25) is 9.59 Å². The molecule has 7 nitrogen and oxygen atoms in total. The third-order valence-electron chi connectivity index (χ3n) is 4.23. The lowest BCUT2D eigenvalue weighted by molar-refractivity contribution is 0.0968. The Balaban J connectivity index is 2.18. The van der Waals surface area contributed by atoms with Crippen LogP contribution in [0.25, 0.3) is 6.08 Å². The number of rotatable bonds is 7. The van der Waals surface area contributed by atoms with Crippen molar-refractivity contribution in [2.75, 3.05) is 0 Å². The van der Waals surface area contributed by atoms with Crippen molar-refractivity contribution in [2.24, 2.45) is 0 Å². The summed E-state index contributed by atoms with van der Waals surface area (Å²) >= 11 is 0. The molecule has 0 aromatic heterocycles. The molecular formula is C22H22O7P+. The first-order valence-electron chi connectivity index (χ1n) is 9.42. The van der Waals surface area contributed by atoms with Crippen LogP contribution < -0.4 is 9.47 Å². The van der Waals surface area contributed by atoms with Gasteiger partial charge in [-0.15, -0.1) is 4.89 Å². The molecule has 0 spiro atoms. The normalized spacial score (nSPS) is 13.5. The van der Waals surface area contributed by atoms with E-state index >= 15 is 0 Å². The van der Waals surface area contributed by atoms with Gasteiger partial charge in [0.15, 0.2) is 12.0 Å². The SMILES string of the molecule is CC(C)Oc1cccc2c1C(=O)c1c(OC(C)C)cc(C=CO[P+](=O)O)cc1C2=O. The fourth-order valence-electron chi connectivity index (χ4n) is 3.23. The average molecular weight is 429 g/mol. The van der Waals surface area contributed by atoms with E-state index in [1.165, 1.54) is 12.1 Å². The van der Waals surface area contributed by atoms with Gasteiger partial charge in [0, 0.05) is 15.7 Å². The average Bonchev–Trinajstić information content (AvgIpc) is 2.64. The molecule has 0 aliphatic heterocycles. The third-order valence-corrected chi connectivity index (χ3v) is 4.53. The number of fused-ring (bicyclic) bond motifs is 2. The lowest BCUT2D eigenvalue weighted by Crippen LogP contribution is -2.24. The van der Waals surface area contributed by atoms with Crippen LogP contribution >= 0.6 is 8.25 Å². The maximum atomic E-state index is 13.4. The van der Waals surface area contributed by atoms with Crippen LogP contribution in [0.4, 0.5) is 0 Å². The van der Waals surface area contributed by atoms with Gasteiger partial charge in [0.25, 0.3) is 0 Å². The number of ether oxygens (including phenoxy) is 2. The molecule has 2 aromatic rings. The van der Waals surface area contributed by atoms with Gasteiger partial charge in [0.1, 0.15) is 11.5 Å². The topological polar surface area (TPSA) is 99.1 Å². The molecule has 0 fully saturated rings. The molecule has 0 radical (unpaired) electrons. The molecule has 2 aromatic carbocycles. The molecule has 0 saturated carbocycles. The van der Waals surface area contributed by atoms with E-state index in [2.05, 4.69) is 4.52 Å². The highest BCUT2D eigenvalue weighted by Gasteiger charge is 2.35. The summed E-state index contributed by atoms with van der Waals surface area (Å²) in [6.07, 6.45) is 2.06. The summed E-state index contributed by atoms with van der Waals surface area (Å²) in [7, 11) is -2.79. The highest BCUT2D eigenvalue weighted by atomic mass is 31.1. The fourth-order valence-corrected chi connectivity index (χ4v) is 3.40. The zero-order valence-corrected chi connectivity index (χ0v) is 17.9. The quantitative estimate of drug-likeness (QED) is 0.430. The van der Waals surface area contributed by atoms with Crippen molar-refractivity contribution in [3.05, 3.63) is 64.4 Å². The Morgan fingerprint density at radius 3 is 2.17 bits per heavy atom. The Hall–Kier alpha value is -3.02. The number of hydrogen-bond donors (Lipinski definition) is 1. The van der Waals surface area contributed by atoms with Crippen LogP contribution in [0.15, 0.2) is 36.6 Å². The summed E-state index contributed by atoms with van der Waals surface area (Å²) in [6, 6.07) is 8.06. The standard InChI is InChI=1S/C22H21O7P/c1-12(2)28-17-7-5-6-15-19(17)22(24)20-16(21(15)23)10-14(8-9-27-30(25)26)11-18(20)29-13(3)4/h5-13H,1-4H3/p+1. The van der Waals surface area contributed by atoms with E-state index in [0.29, 0.717) is 11.3 Å². The molecule has 1 unspecified atom stereocenters. The van der Waals surface area contributed by atoms with Crippen LogP contribution in [-0.2, 0) is 9.09 Å². The van der Waals surface area contributed by atoms with E-state index in [1.54, 1.807) is 24.3 Å². The second kappa shape index (κ2) is 8.78. The van der Waals surface area contributed by atoms with Crippen molar-refractivity contribution in [3.63, 3.8) is 0 Å². The molecule has 8 heteroatoms. The Labute approximate surface area is 175 Å². The molecule has 1 aliphatic carbocycles. The Morgan fingerprint density at radius 1 is 0.900 bits per heavy atom. The Morgan fingerprint density at radius 2 is 1.53 bits per heavy atom. The molecule has 0 amide bonds. The number of ketones is 2. The largest absolute Gasteiger partial charge is 0.746 e. The monoisotopic (exact) mass is 429 g/mol. The fraction of sp³-hybridized carbons (Fsp3) is 0.273. The molecule has 1 N–H and O–H groups in total. The van der Waals surface area contributed by atoms with E-state index in [1.807, 2.05) is 27.7 Å². The summed E-state index contributed by atoms with van der Waals surface area (Å²) in [4.78, 5) is 35.5. The summed E-state index contributed by atoms with van der Waals surface area (Å²) in [6.45, 7) is 7.31. The lowest BCUT2D eigenvalue weighted by Gasteiger charge is -2.24. The summed E-state index contributed by atoms with van der Waals surface area (Å²) in [5.41, 5.74) is 1.34. The number of hydrogen-bond acceptors (Lipinski definition) is 6. The summed E-state index contributed by atoms with van der Waals surface area (Å²) in [5.74, 6) is -0.0754. The number of carbonyl (C=O) groups excluding carboxylic acids is 2. The van der Waals surface area contributed by atoms with Gasteiger partial charge in [-0.05, 0) is 57.5 Å². The van der Waals surface area contributed by atoms with Crippen LogP contribution in [0.1, 0.15) is 65.1 Å². The maximum absolute atomic E-state index is 13.4. The zero-order chi connectivity index (χ0) is 22.0. The van der Waals surface area contributed by atoms with Crippen LogP contribution in [0.3, 0.4) is 0 Å². The molecule has 0 bridgehead atoms. The third kappa shape index (κ3) is 4.42. The first-order valence-corrected chi connectivity index (χ1v) is 10.5. The molecule has 0 saturated heterocycles. The van der Waals surface area contributed by atoms with E-state index in [9.17, 15) is 14.2 Å². The van der Waals surface area contributed by atoms with Gasteiger partial charge in [-0.1, -0.05) is 12.1 Å². The Kier molecular flexibility index (Phi) is 6.34. The summed E-state index contributed by atoms with van der Waals surface area (Å²) in [5, 5.41) is 0. The Bertz CT molecular complexity index is 1050. The number of benzene rings is 2. The predicted octanol–water partition coefficient (Wildman–Crippen LogP) is 4.67. The minimum Gasteiger partial charge on any atom is -0.490 e. The molecule has 3 rings (SSSR count). The molecule has 0 heterocycles. The maximum Gasteiger partial charge on any atom is 0.746 e. The van der Waals surface area contributed by atoms with E-state index < -0.39 is 8.25 Å². The summed E-state index contributed by atoms with van der Waals surface area (Å²) < 4.78 is 26.9. The van der Waals surface area contributed by atoms with Crippen LogP contribution in [0.2, 0.25) is 0 Å². The first kappa shape index (κ1) is 21.7. The van der Waals surface area contributed by atoms with Crippen LogP contribution in [0.5, 0.6) is 11.5 Å². The van der Waals surface area contributed by atoms with E-state index in [0.717, 1.165) is 6.26 Å². The molecular weight excluding hydrogens is 407 g/mol. The second-order valence-electron chi connectivity index (χ2n) is 7.26. The van der Waals surface area contributed by atoms with Crippen LogP contribution in [-0.4, -0.2) is 28.7 Å². The van der Waals surface area contributed by atoms with Gasteiger partial charge >= 0.3 is 8.25 Å². The zero-order valence-electron chi connectivity index (χ0n) is 17.0. The van der Waals surface area contributed by atoms with Gasteiger partial charge in [0.05, 0.1) is 23.3 Å². The van der Waals surface area contributed by atoms with Crippen LogP contribution in [0, 0.1) is 0 Å². The molecule has 1 atom stereocenters. The molecule has 30 heavy (non-hydrogen) atoms. The first-order chi connectivity index (χ1) is 14.2. The minimum atomic E-state index is -2.79. The van der Waals surface area contributed by atoms with Gasteiger partial charge in [-0.25, -0.2) is 4.52 Å². The molecule has 1 aliphatic rings. The van der Waals surface area contributed by atoms with Gasteiger partial charge in [0.2, 0.25) is 5.78 Å². The smallest absolute Gasteiger partial charge is 0.490 e. The highest BCUT2D eigenvalue weighted by Crippen LogP contribution is 2.39. The lowest BCUT2D eigenvalue weighted by atomic mass is 9.82. The minimum absolute atomic E-state index is 0.169. The van der Waals surface area contributed by atoms with Crippen molar-refractivity contribution in [1.82, 2.24) is 0 Å². The van der Waals surface area contributed by atoms with Crippen molar-refractivity contribution < 1.29 is 33.0 Å². The van der Waals surface area contributed by atoms with Crippen molar-refractivity contribution in [1.29, 1.82) is 0 Å². The van der Waals surface area contributed by atoms with Gasteiger partial charge in [-0.2, -0.15) is 0 Å². The predicted molar refractivity (Wildman–Crippen MR) is 111 cm³/mol. The van der Waals surface area contributed by atoms with Crippen molar-refractivity contribution in [2.45, 2.75) is 39.9 Å². The number of carbonyl (C=O) groups is 2.